The van der Waals surface area contributed by atoms with E-state index in [9.17, 15) is 14.0 Å². The number of imide groups is 1. The van der Waals surface area contributed by atoms with Crippen molar-refractivity contribution in [3.8, 4) is 5.75 Å². The Balaban J connectivity index is 1.54. The van der Waals surface area contributed by atoms with Gasteiger partial charge in [0.25, 0.3) is 5.91 Å². The molecule has 3 aromatic carbocycles. The van der Waals surface area contributed by atoms with E-state index in [1.54, 1.807) is 19.1 Å². The summed E-state index contributed by atoms with van der Waals surface area (Å²) in [4.78, 5) is 29.3. The minimum Gasteiger partial charge on any atom is -0.494 e. The lowest BCUT2D eigenvalue weighted by molar-refractivity contribution is -0.132. The van der Waals surface area contributed by atoms with Crippen molar-refractivity contribution in [1.82, 2.24) is 15.1 Å². The first-order chi connectivity index (χ1) is 15.4. The number of methoxy groups -OCH3 is 1. The van der Waals surface area contributed by atoms with Crippen molar-refractivity contribution >= 4 is 22.7 Å². The molecule has 0 spiro atoms. The summed E-state index contributed by atoms with van der Waals surface area (Å²) in [5, 5.41) is 4.93. The molecule has 1 atom stereocenters. The summed E-state index contributed by atoms with van der Waals surface area (Å²) < 4.78 is 19.0. The van der Waals surface area contributed by atoms with Crippen molar-refractivity contribution in [2.24, 2.45) is 0 Å². The minimum atomic E-state index is -1.15. The first-order valence-electron chi connectivity index (χ1n) is 10.5. The number of ether oxygens (including phenoxy) is 1. The quantitative estimate of drug-likeness (QED) is 0.564. The second-order valence-corrected chi connectivity index (χ2v) is 8.11. The van der Waals surface area contributed by atoms with Gasteiger partial charge in [-0.25, -0.2) is 14.1 Å². The van der Waals surface area contributed by atoms with Crippen LogP contribution in [0.25, 0.3) is 10.8 Å². The van der Waals surface area contributed by atoms with Crippen molar-refractivity contribution in [3.05, 3.63) is 77.6 Å². The van der Waals surface area contributed by atoms with Crippen LogP contribution in [0.4, 0.5) is 9.18 Å². The Morgan fingerprint density at radius 1 is 1.06 bits per heavy atom. The van der Waals surface area contributed by atoms with E-state index >= 15 is 0 Å². The van der Waals surface area contributed by atoms with Gasteiger partial charge in [-0.3, -0.25) is 9.69 Å². The molecule has 166 valence electrons. The molecule has 32 heavy (non-hydrogen) atoms. The van der Waals surface area contributed by atoms with Gasteiger partial charge < -0.3 is 10.1 Å². The van der Waals surface area contributed by atoms with Crippen LogP contribution in [0, 0.1) is 5.82 Å². The molecule has 1 N–H and O–H groups in total. The molecular formula is C25H26FN3O3. The van der Waals surface area contributed by atoms with E-state index in [1.165, 1.54) is 18.1 Å². The van der Waals surface area contributed by atoms with E-state index in [0.717, 1.165) is 21.9 Å². The van der Waals surface area contributed by atoms with Gasteiger partial charge in [-0.05, 0) is 53.6 Å². The summed E-state index contributed by atoms with van der Waals surface area (Å²) in [6, 6.07) is 18.0. The molecule has 6 nitrogen and oxygen atoms in total. The predicted octanol–water partition coefficient (Wildman–Crippen LogP) is 4.23. The van der Waals surface area contributed by atoms with E-state index in [1.807, 2.05) is 54.3 Å². The Kier molecular flexibility index (Phi) is 5.84. The Bertz CT molecular complexity index is 1180. The van der Waals surface area contributed by atoms with Gasteiger partial charge >= 0.3 is 6.03 Å². The van der Waals surface area contributed by atoms with E-state index in [-0.39, 0.29) is 18.3 Å². The number of amides is 3. The van der Waals surface area contributed by atoms with Crippen LogP contribution in [-0.4, -0.2) is 42.1 Å². The second-order valence-electron chi connectivity index (χ2n) is 8.11. The highest BCUT2D eigenvalue weighted by Gasteiger charge is 2.49. The van der Waals surface area contributed by atoms with E-state index in [4.69, 9.17) is 4.74 Å². The normalized spacial score (nSPS) is 18.5. The number of carbonyl (C=O) groups is 2. The first-order valence-corrected chi connectivity index (χ1v) is 10.5. The fourth-order valence-electron chi connectivity index (χ4n) is 4.05. The number of urea groups is 1. The molecule has 0 saturated carbocycles. The first kappa shape index (κ1) is 21.8. The van der Waals surface area contributed by atoms with Gasteiger partial charge in [0.15, 0.2) is 11.6 Å². The van der Waals surface area contributed by atoms with Crippen molar-refractivity contribution in [1.29, 1.82) is 0 Å². The lowest BCUT2D eigenvalue weighted by Crippen LogP contribution is -2.43. The number of carbonyl (C=O) groups excluding carboxylic acids is 2. The highest BCUT2D eigenvalue weighted by molar-refractivity contribution is 6.07. The van der Waals surface area contributed by atoms with Gasteiger partial charge in [0.2, 0.25) is 0 Å². The highest BCUT2D eigenvalue weighted by atomic mass is 19.1. The van der Waals surface area contributed by atoms with E-state index in [0.29, 0.717) is 13.1 Å². The van der Waals surface area contributed by atoms with Crippen LogP contribution in [0.15, 0.2) is 60.7 Å². The third-order valence-corrected chi connectivity index (χ3v) is 6.01. The maximum atomic E-state index is 14.1. The number of hydrogen-bond acceptors (Lipinski definition) is 4. The number of nitrogens with zero attached hydrogens (tertiary/aromatic N) is 2. The summed E-state index contributed by atoms with van der Waals surface area (Å²) in [6.07, 6.45) is 0. The van der Waals surface area contributed by atoms with E-state index < -0.39 is 17.4 Å². The zero-order valence-electron chi connectivity index (χ0n) is 18.4. The van der Waals surface area contributed by atoms with Crippen molar-refractivity contribution in [2.75, 3.05) is 20.3 Å². The zero-order chi connectivity index (χ0) is 22.9. The average Bonchev–Trinajstić information content (AvgIpc) is 3.02. The summed E-state index contributed by atoms with van der Waals surface area (Å²) in [5.74, 6) is -0.575. The third-order valence-electron chi connectivity index (χ3n) is 6.01. The van der Waals surface area contributed by atoms with Gasteiger partial charge in [0.1, 0.15) is 5.54 Å². The summed E-state index contributed by atoms with van der Waals surface area (Å²) >= 11 is 0. The molecule has 0 unspecified atom stereocenters. The molecule has 0 radical (unpaired) electrons. The molecule has 0 aromatic heterocycles. The van der Waals surface area contributed by atoms with Gasteiger partial charge in [-0.2, -0.15) is 0 Å². The van der Waals surface area contributed by atoms with Crippen LogP contribution < -0.4 is 10.1 Å². The standard InChI is InChI=1S/C25H26FN3O3/c1-4-28(15-17-9-12-22(32-3)21(26)13-17)16-29-23(30)25(2,27-24(29)31)20-11-10-18-7-5-6-8-19(18)14-20/h5-14H,4,15-16H2,1-3H3,(H,27,31)/t25-/m1/s1. The molecule has 3 aromatic rings. The van der Waals surface area contributed by atoms with Gasteiger partial charge in [-0.1, -0.05) is 49.4 Å². The summed E-state index contributed by atoms with van der Waals surface area (Å²) in [5.41, 5.74) is 0.319. The van der Waals surface area contributed by atoms with Gasteiger partial charge in [0, 0.05) is 6.54 Å². The van der Waals surface area contributed by atoms with Crippen LogP contribution in [0.3, 0.4) is 0 Å². The zero-order valence-corrected chi connectivity index (χ0v) is 18.4. The Labute approximate surface area is 186 Å². The van der Waals surface area contributed by atoms with E-state index in [2.05, 4.69) is 5.32 Å². The maximum absolute atomic E-state index is 14.1. The fourth-order valence-corrected chi connectivity index (χ4v) is 4.05. The molecule has 1 fully saturated rings. The van der Waals surface area contributed by atoms with Crippen LogP contribution in [0.5, 0.6) is 5.75 Å². The van der Waals surface area contributed by atoms with Gasteiger partial charge in [-0.15, -0.1) is 0 Å². The molecule has 7 heteroatoms. The molecular weight excluding hydrogens is 409 g/mol. The lowest BCUT2D eigenvalue weighted by atomic mass is 9.90. The number of rotatable bonds is 7. The molecule has 1 saturated heterocycles. The molecule has 0 aliphatic carbocycles. The fraction of sp³-hybridized carbons (Fsp3) is 0.280. The minimum absolute atomic E-state index is 0.109. The van der Waals surface area contributed by atoms with Crippen molar-refractivity contribution in [2.45, 2.75) is 25.9 Å². The summed E-state index contributed by atoms with van der Waals surface area (Å²) in [7, 11) is 1.42. The predicted molar refractivity (Wildman–Crippen MR) is 121 cm³/mol. The Hall–Kier alpha value is -3.45. The van der Waals surface area contributed by atoms with Crippen molar-refractivity contribution in [3.63, 3.8) is 0 Å². The third kappa shape index (κ3) is 3.91. The Morgan fingerprint density at radius 3 is 2.50 bits per heavy atom. The largest absolute Gasteiger partial charge is 0.494 e. The van der Waals surface area contributed by atoms with Crippen LogP contribution in [-0.2, 0) is 16.9 Å². The SMILES string of the molecule is CCN(Cc1ccc(OC)c(F)c1)CN1C(=O)N[C@](C)(c2ccc3ccccc3c2)C1=O. The van der Waals surface area contributed by atoms with Crippen LogP contribution in [0.2, 0.25) is 0 Å². The molecule has 4 rings (SSSR count). The number of nitrogens with one attached hydrogen (secondary N) is 1. The van der Waals surface area contributed by atoms with Gasteiger partial charge in [0.05, 0.1) is 13.8 Å². The second kappa shape index (κ2) is 8.59. The average molecular weight is 435 g/mol. The van der Waals surface area contributed by atoms with Crippen LogP contribution >= 0.6 is 0 Å². The maximum Gasteiger partial charge on any atom is 0.326 e. The highest BCUT2D eigenvalue weighted by Crippen LogP contribution is 2.31. The number of fused-ring (bicyclic) bond motifs is 1. The number of benzene rings is 3. The molecule has 0 bridgehead atoms. The number of hydrogen-bond donors (Lipinski definition) is 1. The van der Waals surface area contributed by atoms with Crippen molar-refractivity contribution < 1.29 is 18.7 Å². The topological polar surface area (TPSA) is 61.9 Å². The number of halogens is 1. The Morgan fingerprint density at radius 2 is 1.81 bits per heavy atom. The summed E-state index contributed by atoms with van der Waals surface area (Å²) in [6.45, 7) is 4.74. The smallest absolute Gasteiger partial charge is 0.326 e. The molecule has 1 heterocycles. The molecule has 1 aliphatic heterocycles. The lowest BCUT2D eigenvalue weighted by Gasteiger charge is -2.26. The molecule has 1 aliphatic rings. The molecule has 3 amide bonds. The van der Waals surface area contributed by atoms with Crippen LogP contribution in [0.1, 0.15) is 25.0 Å². The monoisotopic (exact) mass is 435 g/mol.